The third-order valence-corrected chi connectivity index (χ3v) is 3.29. The molecule has 20 heavy (non-hydrogen) atoms. The molecule has 0 saturated carbocycles. The first kappa shape index (κ1) is 12.8. The number of rotatable bonds is 3. The van der Waals surface area contributed by atoms with Gasteiger partial charge in [0.05, 0.1) is 5.69 Å². The molecule has 0 spiro atoms. The Hall–Kier alpha value is -2.24. The van der Waals surface area contributed by atoms with Crippen molar-refractivity contribution in [3.05, 3.63) is 45.9 Å². The van der Waals surface area contributed by atoms with E-state index in [9.17, 15) is 13.6 Å². The quantitative estimate of drug-likeness (QED) is 0.938. The Labute approximate surface area is 113 Å². The number of hydrogen-bond donors (Lipinski definition) is 1. The SMILES string of the molecule is O=c1[nH]c(-c2ccc(OC(F)F)cc2)nc2c1CCC2. The van der Waals surface area contributed by atoms with Crippen molar-refractivity contribution in [3.8, 4) is 17.1 Å². The summed E-state index contributed by atoms with van der Waals surface area (Å²) in [6, 6.07) is 6.04. The molecule has 104 valence electrons. The van der Waals surface area contributed by atoms with Gasteiger partial charge in [-0.05, 0) is 43.5 Å². The van der Waals surface area contributed by atoms with Gasteiger partial charge in [0.15, 0.2) is 0 Å². The van der Waals surface area contributed by atoms with Crippen LogP contribution in [0.15, 0.2) is 29.1 Å². The monoisotopic (exact) mass is 278 g/mol. The Balaban J connectivity index is 1.93. The number of H-pyrrole nitrogens is 1. The van der Waals surface area contributed by atoms with Crippen LogP contribution >= 0.6 is 0 Å². The number of ether oxygens (including phenoxy) is 1. The second kappa shape index (κ2) is 5.03. The smallest absolute Gasteiger partial charge is 0.387 e. The molecule has 0 radical (unpaired) electrons. The van der Waals surface area contributed by atoms with E-state index in [0.29, 0.717) is 11.4 Å². The fraction of sp³-hybridized carbons (Fsp3) is 0.286. The number of benzene rings is 1. The van der Waals surface area contributed by atoms with Crippen LogP contribution in [-0.2, 0) is 12.8 Å². The average Bonchev–Trinajstić information content (AvgIpc) is 2.87. The van der Waals surface area contributed by atoms with Gasteiger partial charge in [0.25, 0.3) is 5.56 Å². The Bertz CT molecular complexity index is 681. The molecule has 0 unspecified atom stereocenters. The Morgan fingerprint density at radius 1 is 1.20 bits per heavy atom. The fourth-order valence-corrected chi connectivity index (χ4v) is 2.37. The minimum atomic E-state index is -2.85. The fourth-order valence-electron chi connectivity index (χ4n) is 2.37. The van der Waals surface area contributed by atoms with Crippen molar-refractivity contribution in [3.63, 3.8) is 0 Å². The van der Waals surface area contributed by atoms with Gasteiger partial charge >= 0.3 is 6.61 Å². The highest BCUT2D eigenvalue weighted by Crippen LogP contribution is 2.22. The zero-order chi connectivity index (χ0) is 14.1. The van der Waals surface area contributed by atoms with Crippen molar-refractivity contribution in [2.45, 2.75) is 25.9 Å². The molecule has 3 rings (SSSR count). The molecule has 2 aromatic rings. The van der Waals surface area contributed by atoms with Gasteiger partial charge in [-0.15, -0.1) is 0 Å². The number of alkyl halides is 2. The molecule has 1 aromatic carbocycles. The van der Waals surface area contributed by atoms with Crippen molar-refractivity contribution < 1.29 is 13.5 Å². The molecular weight excluding hydrogens is 266 g/mol. The first-order valence-electron chi connectivity index (χ1n) is 6.31. The van der Waals surface area contributed by atoms with Gasteiger partial charge in [0, 0.05) is 11.1 Å². The van der Waals surface area contributed by atoms with Gasteiger partial charge in [-0.1, -0.05) is 0 Å². The predicted molar refractivity (Wildman–Crippen MR) is 69.0 cm³/mol. The van der Waals surface area contributed by atoms with Gasteiger partial charge < -0.3 is 9.72 Å². The number of fused-ring (bicyclic) bond motifs is 1. The highest BCUT2D eigenvalue weighted by molar-refractivity contribution is 5.56. The van der Waals surface area contributed by atoms with Crippen molar-refractivity contribution in [1.29, 1.82) is 0 Å². The molecule has 6 heteroatoms. The van der Waals surface area contributed by atoms with Crippen molar-refractivity contribution >= 4 is 0 Å². The van der Waals surface area contributed by atoms with Crippen LogP contribution < -0.4 is 10.3 Å². The first-order chi connectivity index (χ1) is 9.63. The number of nitrogens with zero attached hydrogens (tertiary/aromatic N) is 1. The highest BCUT2D eigenvalue weighted by atomic mass is 19.3. The standard InChI is InChI=1S/C14H12F2N2O2/c15-14(16)20-9-6-4-8(5-7-9)12-17-11-3-1-2-10(11)13(19)18-12/h4-7,14H,1-3H2,(H,17,18,19). The Morgan fingerprint density at radius 3 is 2.65 bits per heavy atom. The molecule has 1 heterocycles. The summed E-state index contributed by atoms with van der Waals surface area (Å²) in [7, 11) is 0. The summed E-state index contributed by atoms with van der Waals surface area (Å²) < 4.78 is 28.4. The molecule has 0 aliphatic heterocycles. The summed E-state index contributed by atoms with van der Waals surface area (Å²) in [5.74, 6) is 0.534. The third-order valence-electron chi connectivity index (χ3n) is 3.29. The van der Waals surface area contributed by atoms with Gasteiger partial charge in [0.2, 0.25) is 0 Å². The maximum Gasteiger partial charge on any atom is 0.387 e. The van der Waals surface area contributed by atoms with Crippen LogP contribution in [0.4, 0.5) is 8.78 Å². The molecule has 0 fully saturated rings. The van der Waals surface area contributed by atoms with E-state index in [1.165, 1.54) is 12.1 Å². The van der Waals surface area contributed by atoms with Gasteiger partial charge in [-0.3, -0.25) is 4.79 Å². The molecule has 1 aliphatic rings. The largest absolute Gasteiger partial charge is 0.435 e. The lowest BCUT2D eigenvalue weighted by Gasteiger charge is -2.06. The van der Waals surface area contributed by atoms with Crippen LogP contribution in [0, 0.1) is 0 Å². The van der Waals surface area contributed by atoms with Crippen LogP contribution in [0.1, 0.15) is 17.7 Å². The summed E-state index contributed by atoms with van der Waals surface area (Å²) >= 11 is 0. The second-order valence-electron chi connectivity index (χ2n) is 4.60. The molecule has 0 bridgehead atoms. The van der Waals surface area contributed by atoms with Crippen LogP contribution in [-0.4, -0.2) is 16.6 Å². The van der Waals surface area contributed by atoms with Crippen LogP contribution in [0.3, 0.4) is 0 Å². The number of halogens is 2. The maximum atomic E-state index is 12.1. The maximum absolute atomic E-state index is 12.1. The van der Waals surface area contributed by atoms with Gasteiger partial charge in [0.1, 0.15) is 11.6 Å². The zero-order valence-electron chi connectivity index (χ0n) is 10.5. The number of nitrogens with one attached hydrogen (secondary N) is 1. The molecule has 1 aromatic heterocycles. The minimum Gasteiger partial charge on any atom is -0.435 e. The number of aromatic nitrogens is 2. The molecule has 0 atom stereocenters. The lowest BCUT2D eigenvalue weighted by atomic mass is 10.2. The lowest BCUT2D eigenvalue weighted by molar-refractivity contribution is -0.0498. The molecule has 1 N–H and O–H groups in total. The van der Waals surface area contributed by atoms with Crippen molar-refractivity contribution in [2.24, 2.45) is 0 Å². The van der Waals surface area contributed by atoms with Crippen LogP contribution in [0.5, 0.6) is 5.75 Å². The second-order valence-corrected chi connectivity index (χ2v) is 4.60. The van der Waals surface area contributed by atoms with E-state index in [0.717, 1.165) is 30.5 Å². The van der Waals surface area contributed by atoms with Gasteiger partial charge in [-0.2, -0.15) is 8.78 Å². The van der Waals surface area contributed by atoms with Crippen molar-refractivity contribution in [1.82, 2.24) is 9.97 Å². The topological polar surface area (TPSA) is 55.0 Å². The summed E-state index contributed by atoms with van der Waals surface area (Å²) in [5, 5.41) is 0. The summed E-state index contributed by atoms with van der Waals surface area (Å²) in [6.45, 7) is -2.85. The lowest BCUT2D eigenvalue weighted by Crippen LogP contribution is -2.15. The summed E-state index contributed by atoms with van der Waals surface area (Å²) in [4.78, 5) is 19.1. The highest BCUT2D eigenvalue weighted by Gasteiger charge is 2.17. The predicted octanol–water partition coefficient (Wildman–Crippen LogP) is 2.53. The minimum absolute atomic E-state index is 0.0762. The number of aryl methyl sites for hydroxylation is 1. The van der Waals surface area contributed by atoms with E-state index in [-0.39, 0.29) is 11.3 Å². The van der Waals surface area contributed by atoms with Crippen LogP contribution in [0.25, 0.3) is 11.4 Å². The van der Waals surface area contributed by atoms with E-state index in [4.69, 9.17) is 0 Å². The molecule has 0 amide bonds. The van der Waals surface area contributed by atoms with E-state index >= 15 is 0 Å². The molecular formula is C14H12F2N2O2. The normalized spacial score (nSPS) is 13.6. The first-order valence-corrected chi connectivity index (χ1v) is 6.31. The molecule has 4 nitrogen and oxygen atoms in total. The average molecular weight is 278 g/mol. The van der Waals surface area contributed by atoms with E-state index in [1.54, 1.807) is 12.1 Å². The number of hydrogen-bond acceptors (Lipinski definition) is 3. The van der Waals surface area contributed by atoms with E-state index in [2.05, 4.69) is 14.7 Å². The summed E-state index contributed by atoms with van der Waals surface area (Å²) in [6.07, 6.45) is 2.51. The van der Waals surface area contributed by atoms with Crippen molar-refractivity contribution in [2.75, 3.05) is 0 Å². The third kappa shape index (κ3) is 2.41. The van der Waals surface area contributed by atoms with E-state index < -0.39 is 6.61 Å². The van der Waals surface area contributed by atoms with Gasteiger partial charge in [-0.25, -0.2) is 4.98 Å². The Morgan fingerprint density at radius 2 is 1.95 bits per heavy atom. The molecule has 0 saturated heterocycles. The van der Waals surface area contributed by atoms with E-state index in [1.807, 2.05) is 0 Å². The number of aromatic amines is 1. The Kier molecular flexibility index (Phi) is 3.22. The zero-order valence-corrected chi connectivity index (χ0v) is 10.5. The van der Waals surface area contributed by atoms with Crippen LogP contribution in [0.2, 0.25) is 0 Å². The molecule has 1 aliphatic carbocycles. The summed E-state index contributed by atoms with van der Waals surface area (Å²) in [5.41, 5.74) is 2.14.